The Labute approximate surface area is 422 Å². The molecule has 4 nitrogen and oxygen atoms in total. The maximum Gasteiger partial charge on any atom is 0.143 e. The molecule has 0 amide bonds. The highest BCUT2D eigenvalue weighted by Crippen LogP contribution is 2.55. The fourth-order valence-electron chi connectivity index (χ4n) is 12.1. The molecule has 0 radical (unpaired) electrons. The first-order chi connectivity index (χ1) is 36.0. The van der Waals surface area contributed by atoms with Gasteiger partial charge < -0.3 is 18.3 Å². The minimum atomic E-state index is -0.154. The molecule has 14 aromatic rings. The van der Waals surface area contributed by atoms with Crippen molar-refractivity contribution < 1.29 is 8.83 Å². The summed E-state index contributed by atoms with van der Waals surface area (Å²) in [5, 5.41) is 6.83. The third kappa shape index (κ3) is 6.27. The molecule has 15 rings (SSSR count). The number of benzene rings is 11. The van der Waals surface area contributed by atoms with E-state index in [1.807, 2.05) is 12.1 Å². The number of nitrogens with zero attached hydrogens (tertiary/aromatic N) is 2. The van der Waals surface area contributed by atoms with Crippen molar-refractivity contribution in [2.75, 3.05) is 4.90 Å². The largest absolute Gasteiger partial charge is 0.456 e. The van der Waals surface area contributed by atoms with Crippen molar-refractivity contribution in [2.24, 2.45) is 0 Å². The van der Waals surface area contributed by atoms with Crippen LogP contribution in [0.25, 0.3) is 116 Å². The first-order valence-corrected chi connectivity index (χ1v) is 25.2. The summed E-state index contributed by atoms with van der Waals surface area (Å²) in [7, 11) is 0. The van der Waals surface area contributed by atoms with Gasteiger partial charge in [-0.3, -0.25) is 0 Å². The highest BCUT2D eigenvalue weighted by atomic mass is 16.3. The third-order valence-corrected chi connectivity index (χ3v) is 15.6. The van der Waals surface area contributed by atoms with Crippen molar-refractivity contribution in [2.45, 2.75) is 19.3 Å². The number of hydrogen-bond acceptors (Lipinski definition) is 3. The van der Waals surface area contributed by atoms with Gasteiger partial charge in [0.2, 0.25) is 0 Å². The first-order valence-electron chi connectivity index (χ1n) is 25.2. The second-order valence-electron chi connectivity index (χ2n) is 20.0. The van der Waals surface area contributed by atoms with Gasteiger partial charge in [-0.25, -0.2) is 0 Å². The van der Waals surface area contributed by atoms with Crippen LogP contribution in [0.2, 0.25) is 0 Å². The molecule has 344 valence electrons. The summed E-state index contributed by atoms with van der Waals surface area (Å²) in [5.41, 5.74) is 22.2. The Kier molecular flexibility index (Phi) is 8.97. The summed E-state index contributed by atoms with van der Waals surface area (Å²) in [6, 6.07) is 87.8. The van der Waals surface area contributed by atoms with Crippen molar-refractivity contribution in [3.63, 3.8) is 0 Å². The lowest BCUT2D eigenvalue weighted by Crippen LogP contribution is -2.16. The van der Waals surface area contributed by atoms with E-state index in [2.05, 4.69) is 254 Å². The van der Waals surface area contributed by atoms with Gasteiger partial charge >= 0.3 is 0 Å². The lowest BCUT2D eigenvalue weighted by Gasteiger charge is -2.29. The summed E-state index contributed by atoms with van der Waals surface area (Å²) in [6.07, 6.45) is 0. The van der Waals surface area contributed by atoms with Gasteiger partial charge in [-0.15, -0.1) is 0 Å². The van der Waals surface area contributed by atoms with Gasteiger partial charge in [-0.1, -0.05) is 178 Å². The fraction of sp³-hybridized carbons (Fsp3) is 0.0435. The molecule has 0 atom stereocenters. The van der Waals surface area contributed by atoms with Crippen LogP contribution in [0.1, 0.15) is 25.0 Å². The average Bonchev–Trinajstić information content (AvgIpc) is 4.18. The molecule has 0 spiro atoms. The standard InChI is InChI=1S/C69H46N2O2/c1-69(2)57-22-9-6-19-54(57)66-58(69)23-13-25-61(66)71(49-35-29-44(30-36-49)43-15-4-3-5-16-43)62-26-14-28-65-67(62)56-42-47(34-40-64(56)72-65)46-33-39-60-55(41-46)51-17-7-10-24-59(51)70(60)48-37-31-45(32-38-48)50-20-12-21-53-52-18-8-11-27-63(52)73-68(50)53/h3-42H,1-2H3. The maximum atomic E-state index is 6.78. The number of furan rings is 2. The summed E-state index contributed by atoms with van der Waals surface area (Å²) >= 11 is 0. The van der Waals surface area contributed by atoms with Crippen LogP contribution in [-0.2, 0) is 5.41 Å². The number of rotatable bonds is 7. The monoisotopic (exact) mass is 934 g/mol. The number of anilines is 3. The van der Waals surface area contributed by atoms with Crippen molar-refractivity contribution >= 4 is 82.7 Å². The van der Waals surface area contributed by atoms with E-state index in [1.54, 1.807) is 0 Å². The number of para-hydroxylation sites is 3. The molecule has 0 aliphatic heterocycles. The van der Waals surface area contributed by atoms with Crippen molar-refractivity contribution in [1.82, 2.24) is 4.57 Å². The van der Waals surface area contributed by atoms with Crippen LogP contribution in [0.5, 0.6) is 0 Å². The van der Waals surface area contributed by atoms with Crippen molar-refractivity contribution in [3.05, 3.63) is 254 Å². The van der Waals surface area contributed by atoms with Crippen LogP contribution < -0.4 is 4.90 Å². The number of fused-ring (bicyclic) bond motifs is 12. The van der Waals surface area contributed by atoms with E-state index in [0.717, 1.165) is 99.9 Å². The number of hydrogen-bond donors (Lipinski definition) is 0. The van der Waals surface area contributed by atoms with Gasteiger partial charge in [0, 0.05) is 54.8 Å². The summed E-state index contributed by atoms with van der Waals surface area (Å²) in [4.78, 5) is 2.46. The maximum absolute atomic E-state index is 6.78. The molecule has 0 N–H and O–H groups in total. The van der Waals surface area contributed by atoms with E-state index >= 15 is 0 Å². The zero-order chi connectivity index (χ0) is 48.4. The van der Waals surface area contributed by atoms with E-state index in [9.17, 15) is 0 Å². The predicted octanol–water partition coefficient (Wildman–Crippen LogP) is 19.4. The minimum Gasteiger partial charge on any atom is -0.456 e. The Morgan fingerprint density at radius 3 is 1.82 bits per heavy atom. The second-order valence-corrected chi connectivity index (χ2v) is 20.0. The van der Waals surface area contributed by atoms with Crippen molar-refractivity contribution in [3.8, 4) is 50.2 Å². The van der Waals surface area contributed by atoms with Crippen LogP contribution in [0.15, 0.2) is 251 Å². The Hall–Kier alpha value is -9.38. The van der Waals surface area contributed by atoms with Gasteiger partial charge in [0.25, 0.3) is 0 Å². The van der Waals surface area contributed by atoms with E-state index in [1.165, 1.54) is 44.2 Å². The van der Waals surface area contributed by atoms with Crippen LogP contribution in [-0.4, -0.2) is 4.57 Å². The van der Waals surface area contributed by atoms with E-state index in [4.69, 9.17) is 8.83 Å². The van der Waals surface area contributed by atoms with Crippen LogP contribution in [0.4, 0.5) is 17.1 Å². The highest BCUT2D eigenvalue weighted by molar-refractivity contribution is 6.16. The third-order valence-electron chi connectivity index (χ3n) is 15.6. The van der Waals surface area contributed by atoms with Gasteiger partial charge in [-0.2, -0.15) is 0 Å². The normalized spacial score (nSPS) is 12.9. The van der Waals surface area contributed by atoms with Crippen LogP contribution in [0.3, 0.4) is 0 Å². The smallest absolute Gasteiger partial charge is 0.143 e. The average molecular weight is 935 g/mol. The molecule has 0 bridgehead atoms. The summed E-state index contributed by atoms with van der Waals surface area (Å²) in [6.45, 7) is 4.70. The Morgan fingerprint density at radius 1 is 0.370 bits per heavy atom. The summed E-state index contributed by atoms with van der Waals surface area (Å²) < 4.78 is 15.6. The summed E-state index contributed by atoms with van der Waals surface area (Å²) in [5.74, 6) is 0. The topological polar surface area (TPSA) is 34.5 Å². The van der Waals surface area contributed by atoms with Crippen LogP contribution in [0, 0.1) is 0 Å². The van der Waals surface area contributed by atoms with E-state index in [0.29, 0.717) is 0 Å². The van der Waals surface area contributed by atoms with Crippen LogP contribution >= 0.6 is 0 Å². The molecule has 3 heterocycles. The zero-order valence-corrected chi connectivity index (χ0v) is 40.3. The molecule has 0 fully saturated rings. The Morgan fingerprint density at radius 2 is 0.959 bits per heavy atom. The van der Waals surface area contributed by atoms with Gasteiger partial charge in [0.05, 0.1) is 27.8 Å². The van der Waals surface area contributed by atoms with Crippen molar-refractivity contribution in [1.29, 1.82) is 0 Å². The number of aromatic nitrogens is 1. The molecule has 0 unspecified atom stereocenters. The lowest BCUT2D eigenvalue weighted by atomic mass is 9.82. The molecule has 0 saturated carbocycles. The van der Waals surface area contributed by atoms with E-state index < -0.39 is 0 Å². The van der Waals surface area contributed by atoms with Gasteiger partial charge in [-0.05, 0) is 123 Å². The molecule has 3 aromatic heterocycles. The molecular formula is C69H46N2O2. The zero-order valence-electron chi connectivity index (χ0n) is 40.3. The lowest BCUT2D eigenvalue weighted by molar-refractivity contribution is 0.660. The van der Waals surface area contributed by atoms with Gasteiger partial charge in [0.1, 0.15) is 22.3 Å². The molecular weight excluding hydrogens is 889 g/mol. The molecule has 1 aliphatic carbocycles. The minimum absolute atomic E-state index is 0.154. The highest BCUT2D eigenvalue weighted by Gasteiger charge is 2.38. The first kappa shape index (κ1) is 41.4. The molecule has 0 saturated heterocycles. The van der Waals surface area contributed by atoms with E-state index in [-0.39, 0.29) is 5.41 Å². The molecule has 4 heteroatoms. The Bertz CT molecular complexity index is 4510. The predicted molar refractivity (Wildman–Crippen MR) is 304 cm³/mol. The molecule has 73 heavy (non-hydrogen) atoms. The molecule has 1 aliphatic rings. The Balaban J connectivity index is 0.866. The fourth-order valence-corrected chi connectivity index (χ4v) is 12.1. The SMILES string of the molecule is CC1(C)c2ccccc2-c2c(N(c3ccc(-c4ccccc4)cc3)c3cccc4oc5ccc(-c6ccc7c(c6)c6ccccc6n7-c6ccc(-c7cccc8c7oc7ccccc78)cc6)cc5c34)cccc21. The molecule has 11 aromatic carbocycles. The quantitative estimate of drug-likeness (QED) is 0.160. The second kappa shape index (κ2) is 15.8. The van der Waals surface area contributed by atoms with Gasteiger partial charge in [0.15, 0.2) is 0 Å².